The third-order valence-electron chi connectivity index (χ3n) is 4.48. The summed E-state index contributed by atoms with van der Waals surface area (Å²) in [5.41, 5.74) is 3.97. The van der Waals surface area contributed by atoms with E-state index in [0.29, 0.717) is 12.4 Å². The second-order valence-electron chi connectivity index (χ2n) is 6.24. The molecule has 2 aromatic heterocycles. The lowest BCUT2D eigenvalue weighted by Crippen LogP contribution is -2.35. The topological polar surface area (TPSA) is 74.8 Å². The van der Waals surface area contributed by atoms with Crippen molar-refractivity contribution < 1.29 is 4.79 Å². The molecule has 23 heavy (non-hydrogen) atoms. The van der Waals surface area contributed by atoms with Gasteiger partial charge in [0, 0.05) is 12.7 Å². The normalized spacial score (nSPS) is 16.1. The van der Waals surface area contributed by atoms with Gasteiger partial charge >= 0.3 is 0 Å². The molecule has 0 saturated heterocycles. The van der Waals surface area contributed by atoms with E-state index in [0.717, 1.165) is 28.0 Å². The standard InChI is InChI=1S/C17H17N5O/c1-4-22-14-8-13-12(7-10(14)17(2,3)16(22)23)20-15(21-13)11-5-6-18-9-19-11/h5-9H,4H2,1-3H3,(H,20,21). The quantitative estimate of drug-likeness (QED) is 0.790. The number of carbonyl (C=O) groups excluding carboxylic acids is 1. The molecule has 1 amide bonds. The van der Waals surface area contributed by atoms with Crippen molar-refractivity contribution in [1.82, 2.24) is 19.9 Å². The van der Waals surface area contributed by atoms with Crippen molar-refractivity contribution in [3.63, 3.8) is 0 Å². The number of amides is 1. The van der Waals surface area contributed by atoms with Crippen molar-refractivity contribution in [2.24, 2.45) is 0 Å². The smallest absolute Gasteiger partial charge is 0.237 e. The van der Waals surface area contributed by atoms with Crippen LogP contribution in [0.3, 0.4) is 0 Å². The molecule has 0 radical (unpaired) electrons. The minimum absolute atomic E-state index is 0.138. The molecule has 0 unspecified atom stereocenters. The predicted molar refractivity (Wildman–Crippen MR) is 88.2 cm³/mol. The first-order valence-electron chi connectivity index (χ1n) is 7.65. The second-order valence-corrected chi connectivity index (χ2v) is 6.24. The molecule has 6 nitrogen and oxygen atoms in total. The molecule has 0 aliphatic carbocycles. The van der Waals surface area contributed by atoms with Crippen LogP contribution in [0.2, 0.25) is 0 Å². The maximum Gasteiger partial charge on any atom is 0.237 e. The number of fused-ring (bicyclic) bond motifs is 2. The summed E-state index contributed by atoms with van der Waals surface area (Å²) < 4.78 is 0. The Morgan fingerprint density at radius 3 is 2.83 bits per heavy atom. The van der Waals surface area contributed by atoms with Crippen LogP contribution in [-0.2, 0) is 10.2 Å². The average Bonchev–Trinajstić information content (AvgIpc) is 3.05. The Labute approximate surface area is 133 Å². The van der Waals surface area contributed by atoms with Gasteiger partial charge in [0.05, 0.1) is 22.1 Å². The van der Waals surface area contributed by atoms with Crippen molar-refractivity contribution in [1.29, 1.82) is 0 Å². The molecule has 0 atom stereocenters. The first kappa shape index (κ1) is 13.9. The van der Waals surface area contributed by atoms with Gasteiger partial charge < -0.3 is 9.88 Å². The number of nitrogens with zero attached hydrogens (tertiary/aromatic N) is 4. The van der Waals surface area contributed by atoms with E-state index in [4.69, 9.17) is 0 Å². The van der Waals surface area contributed by atoms with Gasteiger partial charge in [-0.1, -0.05) is 0 Å². The third kappa shape index (κ3) is 1.87. The molecule has 1 aliphatic rings. The molecule has 1 aliphatic heterocycles. The molecule has 1 N–H and O–H groups in total. The molecule has 3 aromatic rings. The summed E-state index contributed by atoms with van der Waals surface area (Å²) in [7, 11) is 0. The number of aromatic amines is 1. The van der Waals surface area contributed by atoms with Crippen LogP contribution >= 0.6 is 0 Å². The zero-order valence-corrected chi connectivity index (χ0v) is 13.3. The first-order valence-corrected chi connectivity index (χ1v) is 7.65. The summed E-state index contributed by atoms with van der Waals surface area (Å²) in [6.45, 7) is 6.59. The Hall–Kier alpha value is -2.76. The number of carbonyl (C=O) groups is 1. The minimum Gasteiger partial charge on any atom is -0.337 e. The summed E-state index contributed by atoms with van der Waals surface area (Å²) in [5.74, 6) is 0.844. The van der Waals surface area contributed by atoms with Gasteiger partial charge in [-0.2, -0.15) is 0 Å². The van der Waals surface area contributed by atoms with Crippen LogP contribution in [0.4, 0.5) is 5.69 Å². The van der Waals surface area contributed by atoms with E-state index in [1.807, 2.05) is 43.9 Å². The lowest BCUT2D eigenvalue weighted by Gasteiger charge is -2.18. The van der Waals surface area contributed by atoms with Crippen LogP contribution in [-0.4, -0.2) is 32.4 Å². The molecule has 4 rings (SSSR count). The lowest BCUT2D eigenvalue weighted by molar-refractivity contribution is -0.122. The summed E-state index contributed by atoms with van der Waals surface area (Å²) >= 11 is 0. The van der Waals surface area contributed by atoms with Crippen molar-refractivity contribution >= 4 is 22.6 Å². The van der Waals surface area contributed by atoms with Gasteiger partial charge in [0.1, 0.15) is 12.0 Å². The van der Waals surface area contributed by atoms with Gasteiger partial charge in [-0.15, -0.1) is 0 Å². The van der Waals surface area contributed by atoms with E-state index in [2.05, 4.69) is 19.9 Å². The maximum absolute atomic E-state index is 12.6. The Bertz CT molecular complexity index is 913. The number of H-pyrrole nitrogens is 1. The zero-order valence-electron chi connectivity index (χ0n) is 13.3. The van der Waals surface area contributed by atoms with Crippen LogP contribution in [0.15, 0.2) is 30.7 Å². The molecule has 6 heteroatoms. The fraction of sp³-hybridized carbons (Fsp3) is 0.294. The molecule has 116 valence electrons. The third-order valence-corrected chi connectivity index (χ3v) is 4.48. The van der Waals surface area contributed by atoms with Gasteiger partial charge in [0.15, 0.2) is 5.82 Å². The SMILES string of the molecule is CCN1C(=O)C(C)(C)c2cc3[nH]c(-c4ccncn4)nc3cc21. The van der Waals surface area contributed by atoms with Crippen LogP contribution < -0.4 is 4.90 Å². The van der Waals surface area contributed by atoms with E-state index in [1.54, 1.807) is 6.20 Å². The zero-order chi connectivity index (χ0) is 16.2. The van der Waals surface area contributed by atoms with Gasteiger partial charge in [-0.25, -0.2) is 15.0 Å². The summed E-state index contributed by atoms with van der Waals surface area (Å²) in [6.07, 6.45) is 3.19. The number of hydrogen-bond donors (Lipinski definition) is 1. The van der Waals surface area contributed by atoms with E-state index in [9.17, 15) is 4.79 Å². The largest absolute Gasteiger partial charge is 0.337 e. The van der Waals surface area contributed by atoms with Crippen molar-refractivity contribution in [3.05, 3.63) is 36.3 Å². The number of aromatic nitrogens is 4. The molecule has 0 bridgehead atoms. The molecule has 3 heterocycles. The molecule has 0 saturated carbocycles. The summed E-state index contributed by atoms with van der Waals surface area (Å²) in [5, 5.41) is 0. The second kappa shape index (κ2) is 4.62. The number of likely N-dealkylation sites (N-methyl/N-ethyl adjacent to an activating group) is 1. The van der Waals surface area contributed by atoms with Crippen LogP contribution in [0.1, 0.15) is 26.3 Å². The Balaban J connectivity index is 1.92. The van der Waals surface area contributed by atoms with Crippen molar-refractivity contribution in [2.45, 2.75) is 26.2 Å². The Morgan fingerprint density at radius 1 is 1.30 bits per heavy atom. The Kier molecular flexibility index (Phi) is 2.78. The molecule has 0 fully saturated rings. The van der Waals surface area contributed by atoms with Crippen LogP contribution in [0.25, 0.3) is 22.6 Å². The van der Waals surface area contributed by atoms with Gasteiger partial charge in [-0.05, 0) is 44.5 Å². The molecular formula is C17H17N5O. The van der Waals surface area contributed by atoms with E-state index < -0.39 is 5.41 Å². The number of hydrogen-bond acceptors (Lipinski definition) is 4. The number of imidazole rings is 1. The van der Waals surface area contributed by atoms with Gasteiger partial charge in [-0.3, -0.25) is 4.79 Å². The highest BCUT2D eigenvalue weighted by molar-refractivity contribution is 6.09. The average molecular weight is 307 g/mol. The number of anilines is 1. The number of rotatable bonds is 2. The molecule has 1 aromatic carbocycles. The van der Waals surface area contributed by atoms with E-state index in [1.165, 1.54) is 6.33 Å². The monoisotopic (exact) mass is 307 g/mol. The van der Waals surface area contributed by atoms with E-state index in [-0.39, 0.29) is 5.91 Å². The first-order chi connectivity index (χ1) is 11.0. The van der Waals surface area contributed by atoms with Crippen molar-refractivity contribution in [2.75, 3.05) is 11.4 Å². The highest BCUT2D eigenvalue weighted by Gasteiger charge is 2.43. The maximum atomic E-state index is 12.6. The summed E-state index contributed by atoms with van der Waals surface area (Å²) in [6, 6.07) is 5.84. The van der Waals surface area contributed by atoms with Gasteiger partial charge in [0.2, 0.25) is 5.91 Å². The van der Waals surface area contributed by atoms with Gasteiger partial charge in [0.25, 0.3) is 0 Å². The van der Waals surface area contributed by atoms with Crippen LogP contribution in [0.5, 0.6) is 0 Å². The van der Waals surface area contributed by atoms with Crippen LogP contribution in [0, 0.1) is 0 Å². The van der Waals surface area contributed by atoms with E-state index >= 15 is 0 Å². The Morgan fingerprint density at radius 2 is 2.13 bits per heavy atom. The summed E-state index contributed by atoms with van der Waals surface area (Å²) in [4.78, 5) is 30.5. The highest BCUT2D eigenvalue weighted by atomic mass is 16.2. The molecule has 0 spiro atoms. The number of nitrogens with one attached hydrogen (secondary N) is 1. The lowest BCUT2D eigenvalue weighted by atomic mass is 9.86. The minimum atomic E-state index is -0.514. The number of benzene rings is 1. The fourth-order valence-corrected chi connectivity index (χ4v) is 3.20. The molecular weight excluding hydrogens is 290 g/mol. The predicted octanol–water partition coefficient (Wildman–Crippen LogP) is 2.66. The highest BCUT2D eigenvalue weighted by Crippen LogP contribution is 2.43. The van der Waals surface area contributed by atoms with Crippen molar-refractivity contribution in [3.8, 4) is 11.5 Å². The fourth-order valence-electron chi connectivity index (χ4n) is 3.20.